The molecule has 0 aliphatic rings. The second kappa shape index (κ2) is 5.06. The zero-order valence-corrected chi connectivity index (χ0v) is 10.5. The maximum absolute atomic E-state index is 12.0. The average Bonchev–Trinajstić information content (AvgIpc) is 2.89. The zero-order chi connectivity index (χ0) is 13.1. The molecule has 0 bridgehead atoms. The molecule has 0 saturated heterocycles. The molecule has 0 saturated carbocycles. The van der Waals surface area contributed by atoms with Crippen molar-refractivity contribution >= 4 is 16.7 Å². The van der Waals surface area contributed by atoms with Gasteiger partial charge in [0.2, 0.25) is 0 Å². The number of ketones is 1. The van der Waals surface area contributed by atoms with Crippen LogP contribution in [0.2, 0.25) is 0 Å². The minimum atomic E-state index is 0.153. The third-order valence-corrected chi connectivity index (χ3v) is 3.20. The van der Waals surface area contributed by atoms with Crippen molar-refractivity contribution in [3.05, 3.63) is 66.4 Å². The van der Waals surface area contributed by atoms with E-state index in [2.05, 4.69) is 5.10 Å². The van der Waals surface area contributed by atoms with E-state index >= 15 is 0 Å². The van der Waals surface area contributed by atoms with Crippen LogP contribution in [0.25, 0.3) is 10.9 Å². The van der Waals surface area contributed by atoms with Crippen molar-refractivity contribution in [1.82, 2.24) is 9.78 Å². The third kappa shape index (κ3) is 2.40. The van der Waals surface area contributed by atoms with Crippen molar-refractivity contribution < 1.29 is 4.79 Å². The molecular weight excluding hydrogens is 236 g/mol. The predicted molar refractivity (Wildman–Crippen MR) is 75.1 cm³/mol. The molecule has 1 heterocycles. The molecule has 0 amide bonds. The Hall–Kier alpha value is -2.42. The first-order chi connectivity index (χ1) is 9.34. The Morgan fingerprint density at radius 2 is 1.74 bits per heavy atom. The van der Waals surface area contributed by atoms with Crippen LogP contribution in [0.4, 0.5) is 0 Å². The molecule has 0 spiro atoms. The van der Waals surface area contributed by atoms with Crippen LogP contribution in [-0.2, 0) is 6.54 Å². The normalized spacial score (nSPS) is 10.7. The van der Waals surface area contributed by atoms with Crippen LogP contribution in [0.1, 0.15) is 16.8 Å². The standard InChI is InChI=1S/C16H14N2O/c19-16(13-6-2-1-3-7-13)10-11-18-15-9-5-4-8-14(15)12-17-18/h1-9,12H,10-11H2. The SMILES string of the molecule is O=C(CCn1ncc2ccccc21)c1ccccc1. The Morgan fingerprint density at radius 3 is 2.58 bits per heavy atom. The lowest BCUT2D eigenvalue weighted by Gasteiger charge is -2.03. The van der Waals surface area contributed by atoms with Crippen molar-refractivity contribution in [2.24, 2.45) is 0 Å². The first-order valence-corrected chi connectivity index (χ1v) is 6.33. The summed E-state index contributed by atoms with van der Waals surface area (Å²) in [6, 6.07) is 17.4. The van der Waals surface area contributed by atoms with Crippen LogP contribution in [0, 0.1) is 0 Å². The Labute approximate surface area is 111 Å². The number of hydrogen-bond acceptors (Lipinski definition) is 2. The molecule has 3 rings (SSSR count). The molecule has 1 aromatic heterocycles. The number of para-hydroxylation sites is 1. The summed E-state index contributed by atoms with van der Waals surface area (Å²) in [6.07, 6.45) is 2.30. The molecule has 2 aromatic carbocycles. The van der Waals surface area contributed by atoms with E-state index < -0.39 is 0 Å². The number of nitrogens with zero attached hydrogens (tertiary/aromatic N) is 2. The van der Waals surface area contributed by atoms with Gasteiger partial charge in [-0.25, -0.2) is 0 Å². The molecule has 94 valence electrons. The van der Waals surface area contributed by atoms with Gasteiger partial charge in [-0.05, 0) is 6.07 Å². The number of carbonyl (C=O) groups excluding carboxylic acids is 1. The highest BCUT2D eigenvalue weighted by Crippen LogP contribution is 2.13. The fourth-order valence-electron chi connectivity index (χ4n) is 2.18. The van der Waals surface area contributed by atoms with E-state index in [1.54, 1.807) is 0 Å². The summed E-state index contributed by atoms with van der Waals surface area (Å²) in [6.45, 7) is 0.612. The van der Waals surface area contributed by atoms with Gasteiger partial charge in [-0.15, -0.1) is 0 Å². The number of aryl methyl sites for hydroxylation is 1. The van der Waals surface area contributed by atoms with E-state index in [9.17, 15) is 4.79 Å². The number of Topliss-reactive ketones (excluding diaryl/α,β-unsaturated/α-hetero) is 1. The number of rotatable bonds is 4. The molecule has 0 atom stereocenters. The molecule has 0 aliphatic heterocycles. The topological polar surface area (TPSA) is 34.9 Å². The van der Waals surface area contributed by atoms with Gasteiger partial charge in [0.15, 0.2) is 5.78 Å². The first-order valence-electron chi connectivity index (χ1n) is 6.33. The van der Waals surface area contributed by atoms with E-state index in [0.29, 0.717) is 13.0 Å². The first kappa shape index (κ1) is 11.7. The Kier molecular flexibility index (Phi) is 3.11. The summed E-state index contributed by atoms with van der Waals surface area (Å²) in [5.41, 5.74) is 1.84. The van der Waals surface area contributed by atoms with Gasteiger partial charge in [0.05, 0.1) is 11.7 Å². The zero-order valence-electron chi connectivity index (χ0n) is 10.5. The third-order valence-electron chi connectivity index (χ3n) is 3.20. The van der Waals surface area contributed by atoms with Crippen molar-refractivity contribution in [1.29, 1.82) is 0 Å². The van der Waals surface area contributed by atoms with Gasteiger partial charge in [0.1, 0.15) is 0 Å². The Balaban J connectivity index is 1.75. The molecule has 3 nitrogen and oxygen atoms in total. The van der Waals surface area contributed by atoms with Crippen molar-refractivity contribution in [2.75, 3.05) is 0 Å². The second-order valence-corrected chi connectivity index (χ2v) is 4.47. The molecule has 3 heteroatoms. The summed E-state index contributed by atoms with van der Waals surface area (Å²) in [5, 5.41) is 5.43. The van der Waals surface area contributed by atoms with Gasteiger partial charge in [0.25, 0.3) is 0 Å². The predicted octanol–water partition coefficient (Wildman–Crippen LogP) is 3.31. The van der Waals surface area contributed by atoms with E-state index in [1.165, 1.54) is 0 Å². The lowest BCUT2D eigenvalue weighted by atomic mass is 10.1. The molecule has 19 heavy (non-hydrogen) atoms. The highest BCUT2D eigenvalue weighted by Gasteiger charge is 2.07. The molecule has 0 fully saturated rings. The minimum Gasteiger partial charge on any atom is -0.294 e. The second-order valence-electron chi connectivity index (χ2n) is 4.47. The molecule has 3 aromatic rings. The van der Waals surface area contributed by atoms with Gasteiger partial charge in [-0.2, -0.15) is 5.10 Å². The fraction of sp³-hybridized carbons (Fsp3) is 0.125. The molecule has 0 unspecified atom stereocenters. The number of aromatic nitrogens is 2. The lowest BCUT2D eigenvalue weighted by Crippen LogP contribution is -2.07. The molecule has 0 N–H and O–H groups in total. The van der Waals surface area contributed by atoms with E-state index in [4.69, 9.17) is 0 Å². The van der Waals surface area contributed by atoms with Crippen LogP contribution in [0.3, 0.4) is 0 Å². The Bertz CT molecular complexity index is 701. The average molecular weight is 250 g/mol. The Morgan fingerprint density at radius 1 is 1.00 bits per heavy atom. The van der Waals surface area contributed by atoms with Gasteiger partial charge in [-0.3, -0.25) is 9.48 Å². The quantitative estimate of drug-likeness (QED) is 0.666. The van der Waals surface area contributed by atoms with Crippen LogP contribution >= 0.6 is 0 Å². The summed E-state index contributed by atoms with van der Waals surface area (Å²) in [4.78, 5) is 12.0. The number of benzene rings is 2. The molecule has 0 radical (unpaired) electrons. The lowest BCUT2D eigenvalue weighted by molar-refractivity contribution is 0.0976. The number of hydrogen-bond donors (Lipinski definition) is 0. The summed E-state index contributed by atoms with van der Waals surface area (Å²) in [5.74, 6) is 0.153. The molecular formula is C16H14N2O. The van der Waals surface area contributed by atoms with Crippen LogP contribution < -0.4 is 0 Å². The van der Waals surface area contributed by atoms with Crippen LogP contribution in [-0.4, -0.2) is 15.6 Å². The monoisotopic (exact) mass is 250 g/mol. The van der Waals surface area contributed by atoms with Gasteiger partial charge in [0, 0.05) is 23.9 Å². The van der Waals surface area contributed by atoms with Gasteiger partial charge < -0.3 is 0 Å². The number of fused-ring (bicyclic) bond motifs is 1. The van der Waals surface area contributed by atoms with Crippen molar-refractivity contribution in [3.8, 4) is 0 Å². The summed E-state index contributed by atoms with van der Waals surface area (Å²) < 4.78 is 1.89. The van der Waals surface area contributed by atoms with Gasteiger partial charge >= 0.3 is 0 Å². The highest BCUT2D eigenvalue weighted by molar-refractivity contribution is 5.96. The maximum Gasteiger partial charge on any atom is 0.164 e. The fourth-order valence-corrected chi connectivity index (χ4v) is 2.18. The van der Waals surface area contributed by atoms with Crippen molar-refractivity contribution in [3.63, 3.8) is 0 Å². The number of carbonyl (C=O) groups is 1. The summed E-state index contributed by atoms with van der Waals surface area (Å²) >= 11 is 0. The highest BCUT2D eigenvalue weighted by atomic mass is 16.1. The largest absolute Gasteiger partial charge is 0.294 e. The van der Waals surface area contributed by atoms with Crippen LogP contribution in [0.5, 0.6) is 0 Å². The minimum absolute atomic E-state index is 0.153. The summed E-state index contributed by atoms with van der Waals surface area (Å²) in [7, 11) is 0. The van der Waals surface area contributed by atoms with Gasteiger partial charge in [-0.1, -0.05) is 48.5 Å². The van der Waals surface area contributed by atoms with Crippen molar-refractivity contribution in [2.45, 2.75) is 13.0 Å². The van der Waals surface area contributed by atoms with E-state index in [1.807, 2.05) is 65.5 Å². The maximum atomic E-state index is 12.0. The molecule has 0 aliphatic carbocycles. The van der Waals surface area contributed by atoms with E-state index in [-0.39, 0.29) is 5.78 Å². The van der Waals surface area contributed by atoms with E-state index in [0.717, 1.165) is 16.5 Å². The smallest absolute Gasteiger partial charge is 0.164 e. The van der Waals surface area contributed by atoms with Crippen LogP contribution in [0.15, 0.2) is 60.8 Å².